The molecule has 0 atom stereocenters. The van der Waals surface area contributed by atoms with Crippen molar-refractivity contribution in [3.05, 3.63) is 64.0 Å². The summed E-state index contributed by atoms with van der Waals surface area (Å²) in [5.41, 5.74) is 5.04. The van der Waals surface area contributed by atoms with Gasteiger partial charge in [-0.05, 0) is 70.4 Å². The number of nitrogens with zero attached hydrogens (tertiary/aromatic N) is 4. The number of carbonyl (C=O) groups excluding carboxylic acids is 3. The van der Waals surface area contributed by atoms with E-state index in [9.17, 15) is 14.4 Å². The number of aromatic nitrogens is 1. The molecule has 10 heteroatoms. The number of benzene rings is 2. The van der Waals surface area contributed by atoms with Crippen LogP contribution in [0.25, 0.3) is 11.3 Å². The molecule has 9 nitrogen and oxygen atoms in total. The Balaban J connectivity index is 1.19. The summed E-state index contributed by atoms with van der Waals surface area (Å²) in [5.74, 6) is -0.106. The molecule has 3 heterocycles. The van der Waals surface area contributed by atoms with Crippen molar-refractivity contribution in [2.24, 2.45) is 0 Å². The number of thiazole rings is 1. The van der Waals surface area contributed by atoms with Crippen molar-refractivity contribution in [1.82, 2.24) is 14.8 Å². The van der Waals surface area contributed by atoms with Crippen LogP contribution in [0.1, 0.15) is 47.1 Å². The predicted molar refractivity (Wildman–Crippen MR) is 162 cm³/mol. The second kappa shape index (κ2) is 11.6. The molecule has 3 aromatic rings. The molecule has 2 aromatic carbocycles. The van der Waals surface area contributed by atoms with E-state index in [2.05, 4.69) is 11.4 Å². The number of aryl methyl sites for hydroxylation is 2. The van der Waals surface area contributed by atoms with Gasteiger partial charge in [0.05, 0.1) is 12.2 Å². The molecule has 2 aliphatic rings. The Bertz CT molecular complexity index is 1470. The van der Waals surface area contributed by atoms with Gasteiger partial charge in [-0.1, -0.05) is 24.3 Å². The summed E-state index contributed by atoms with van der Waals surface area (Å²) in [6.45, 7) is 12.7. The Morgan fingerprint density at radius 1 is 1.00 bits per heavy atom. The Morgan fingerprint density at radius 2 is 1.73 bits per heavy atom. The van der Waals surface area contributed by atoms with Crippen molar-refractivity contribution in [1.29, 1.82) is 0 Å². The lowest BCUT2D eigenvalue weighted by atomic mass is 10.0. The van der Waals surface area contributed by atoms with Crippen molar-refractivity contribution in [2.75, 3.05) is 49.5 Å². The van der Waals surface area contributed by atoms with Gasteiger partial charge in [-0.15, -0.1) is 11.3 Å². The molecule has 1 aromatic heterocycles. The number of hydrogen-bond donors (Lipinski definition) is 1. The quantitative estimate of drug-likeness (QED) is 0.454. The van der Waals surface area contributed by atoms with E-state index in [0.29, 0.717) is 37.9 Å². The third-order valence-electron chi connectivity index (χ3n) is 7.30. The molecule has 0 radical (unpaired) electrons. The van der Waals surface area contributed by atoms with Crippen LogP contribution in [0.2, 0.25) is 0 Å². The van der Waals surface area contributed by atoms with E-state index < -0.39 is 5.60 Å². The average molecular weight is 576 g/mol. The first-order valence-electron chi connectivity index (χ1n) is 14.0. The van der Waals surface area contributed by atoms with E-state index in [1.807, 2.05) is 80.8 Å². The number of carbonyl (C=O) groups is 3. The smallest absolute Gasteiger partial charge is 0.410 e. The lowest BCUT2D eigenvalue weighted by Crippen LogP contribution is -2.51. The van der Waals surface area contributed by atoms with Gasteiger partial charge >= 0.3 is 6.09 Å². The summed E-state index contributed by atoms with van der Waals surface area (Å²) in [7, 11) is 0. The van der Waals surface area contributed by atoms with Crippen LogP contribution in [0.15, 0.2) is 42.5 Å². The van der Waals surface area contributed by atoms with Crippen LogP contribution in [0.4, 0.5) is 15.6 Å². The molecule has 1 saturated heterocycles. The normalized spacial score (nSPS) is 15.5. The van der Waals surface area contributed by atoms with Crippen LogP contribution >= 0.6 is 11.3 Å². The largest absolute Gasteiger partial charge is 0.444 e. The molecule has 0 saturated carbocycles. The van der Waals surface area contributed by atoms with Gasteiger partial charge in [0.25, 0.3) is 5.91 Å². The molecule has 1 fully saturated rings. The fraction of sp³-hybridized carbons (Fsp3) is 0.419. The molecule has 0 aliphatic carbocycles. The van der Waals surface area contributed by atoms with Crippen LogP contribution in [0.5, 0.6) is 0 Å². The van der Waals surface area contributed by atoms with E-state index in [-0.39, 0.29) is 24.5 Å². The molecule has 216 valence electrons. The number of ether oxygens (including phenoxy) is 1. The summed E-state index contributed by atoms with van der Waals surface area (Å²) in [4.78, 5) is 49.7. The van der Waals surface area contributed by atoms with E-state index in [1.165, 1.54) is 11.3 Å². The fourth-order valence-electron chi connectivity index (χ4n) is 5.21. The number of rotatable bonds is 5. The van der Waals surface area contributed by atoms with E-state index in [4.69, 9.17) is 9.72 Å². The number of amides is 3. The first-order chi connectivity index (χ1) is 19.5. The lowest BCUT2D eigenvalue weighted by molar-refractivity contribution is -0.117. The summed E-state index contributed by atoms with van der Waals surface area (Å²) in [5, 5.41) is 3.51. The van der Waals surface area contributed by atoms with Gasteiger partial charge in [0.2, 0.25) is 5.91 Å². The zero-order valence-electron chi connectivity index (χ0n) is 24.3. The Morgan fingerprint density at radius 3 is 2.44 bits per heavy atom. The summed E-state index contributed by atoms with van der Waals surface area (Å²) in [6, 6.07) is 13.8. The topological polar surface area (TPSA) is 95.1 Å². The lowest BCUT2D eigenvalue weighted by Gasteiger charge is -2.35. The van der Waals surface area contributed by atoms with Crippen molar-refractivity contribution in [3.8, 4) is 11.3 Å². The number of hydrogen-bond acceptors (Lipinski definition) is 7. The highest BCUT2D eigenvalue weighted by molar-refractivity contribution is 7.16. The Kier molecular flexibility index (Phi) is 8.15. The van der Waals surface area contributed by atoms with Gasteiger partial charge < -0.3 is 19.9 Å². The van der Waals surface area contributed by atoms with Gasteiger partial charge in [-0.3, -0.25) is 14.5 Å². The first kappa shape index (κ1) is 28.8. The maximum Gasteiger partial charge on any atom is 0.410 e. The highest BCUT2D eigenvalue weighted by atomic mass is 32.1. The molecule has 1 N–H and O–H groups in total. The van der Waals surface area contributed by atoms with Crippen LogP contribution in [0, 0.1) is 13.8 Å². The molecule has 0 spiro atoms. The highest BCUT2D eigenvalue weighted by Crippen LogP contribution is 2.36. The predicted octanol–water partition coefficient (Wildman–Crippen LogP) is 5.12. The van der Waals surface area contributed by atoms with Crippen molar-refractivity contribution >= 4 is 40.1 Å². The van der Waals surface area contributed by atoms with Crippen LogP contribution < -0.4 is 10.2 Å². The molecular weight excluding hydrogens is 538 g/mol. The van der Waals surface area contributed by atoms with E-state index in [1.54, 1.807) is 4.90 Å². The molecule has 0 unspecified atom stereocenters. The summed E-state index contributed by atoms with van der Waals surface area (Å²) < 4.78 is 5.45. The Hall–Kier alpha value is -3.76. The Labute approximate surface area is 245 Å². The molecule has 2 aliphatic heterocycles. The van der Waals surface area contributed by atoms with E-state index >= 15 is 0 Å². The fourth-order valence-corrected chi connectivity index (χ4v) is 6.06. The first-order valence-corrected chi connectivity index (χ1v) is 14.8. The summed E-state index contributed by atoms with van der Waals surface area (Å²) in [6.07, 6.45) is 0.471. The second-order valence-electron chi connectivity index (χ2n) is 11.6. The molecular formula is C31H37N5O4S. The van der Waals surface area contributed by atoms with Crippen molar-refractivity contribution in [2.45, 2.75) is 46.6 Å². The molecule has 0 bridgehead atoms. The highest BCUT2D eigenvalue weighted by Gasteiger charge is 2.28. The van der Waals surface area contributed by atoms with Gasteiger partial charge in [-0.25, -0.2) is 9.78 Å². The van der Waals surface area contributed by atoms with Gasteiger partial charge in [-0.2, -0.15) is 0 Å². The second-order valence-corrected chi connectivity index (χ2v) is 12.8. The zero-order chi connectivity index (χ0) is 29.3. The molecule has 5 rings (SSSR count). The van der Waals surface area contributed by atoms with Crippen LogP contribution in [-0.4, -0.2) is 77.6 Å². The maximum absolute atomic E-state index is 13.2. The third kappa shape index (κ3) is 6.60. The monoisotopic (exact) mass is 575 g/mol. The minimum atomic E-state index is -0.528. The van der Waals surface area contributed by atoms with Crippen molar-refractivity contribution < 1.29 is 19.1 Å². The number of nitrogens with one attached hydrogen (secondary N) is 1. The number of fused-ring (bicyclic) bond motifs is 1. The summed E-state index contributed by atoms with van der Waals surface area (Å²) >= 11 is 1.45. The number of anilines is 2. The van der Waals surface area contributed by atoms with Crippen molar-refractivity contribution in [3.63, 3.8) is 0 Å². The molecule has 3 amide bonds. The van der Waals surface area contributed by atoms with Crippen LogP contribution in [0.3, 0.4) is 0 Å². The minimum Gasteiger partial charge on any atom is -0.444 e. The van der Waals surface area contributed by atoms with Gasteiger partial charge in [0.1, 0.15) is 5.60 Å². The van der Waals surface area contributed by atoms with Gasteiger partial charge in [0.15, 0.2) is 5.13 Å². The van der Waals surface area contributed by atoms with Gasteiger partial charge in [0, 0.05) is 54.4 Å². The third-order valence-corrected chi connectivity index (χ3v) is 8.19. The van der Waals surface area contributed by atoms with Crippen LogP contribution in [-0.2, 0) is 16.0 Å². The standard InChI is InChI=1S/C31H37N5O4S/c1-20-8-6-7-9-24(20)28(38)36-13-12-22-18-23(10-11-25(22)36)27-21(2)41-29(33-27)32-26(37)19-34-14-16-35(17-15-34)30(39)40-31(3,4)5/h6-11,18H,12-17,19H2,1-5H3,(H,32,33,37). The SMILES string of the molecule is Cc1ccccc1C(=O)N1CCc2cc(-c3nc(NC(=O)CN4CCN(C(=O)OC(C)(C)C)CC4)sc3C)ccc21. The number of piperazine rings is 1. The van der Waals surface area contributed by atoms with E-state index in [0.717, 1.165) is 44.9 Å². The maximum atomic E-state index is 13.2. The zero-order valence-corrected chi connectivity index (χ0v) is 25.1. The molecule has 41 heavy (non-hydrogen) atoms. The average Bonchev–Trinajstić information content (AvgIpc) is 3.50. The minimum absolute atomic E-state index is 0.0238.